The lowest BCUT2D eigenvalue weighted by atomic mass is 9.87. The zero-order valence-electron chi connectivity index (χ0n) is 17.6. The van der Waals surface area contributed by atoms with Gasteiger partial charge in [-0.3, -0.25) is 9.89 Å². The second-order valence-corrected chi connectivity index (χ2v) is 8.29. The summed E-state index contributed by atoms with van der Waals surface area (Å²) in [4.78, 5) is 9.29. The van der Waals surface area contributed by atoms with E-state index in [9.17, 15) is 0 Å². The van der Waals surface area contributed by atoms with E-state index in [1.807, 2.05) is 13.1 Å². The van der Waals surface area contributed by atoms with E-state index in [1.54, 1.807) is 0 Å². The van der Waals surface area contributed by atoms with Crippen LogP contribution in [0.25, 0.3) is 0 Å². The van der Waals surface area contributed by atoms with Crippen molar-refractivity contribution >= 4 is 5.96 Å². The maximum absolute atomic E-state index is 6.11. The number of para-hydroxylation sites is 1. The topological polar surface area (TPSA) is 58.6 Å². The summed E-state index contributed by atoms with van der Waals surface area (Å²) in [6.45, 7) is 9.83. The van der Waals surface area contributed by atoms with Crippen LogP contribution in [0.3, 0.4) is 0 Å². The molecule has 160 valence electrons. The Morgan fingerprint density at radius 2 is 2.00 bits per heavy atom. The van der Waals surface area contributed by atoms with E-state index < -0.39 is 0 Å². The Hall–Kier alpha value is -1.83. The Kier molecular flexibility index (Phi) is 6.90. The Morgan fingerprint density at radius 3 is 2.79 bits per heavy atom. The number of likely N-dealkylation sites (tertiary alicyclic amines) is 1. The molecule has 0 bridgehead atoms. The van der Waals surface area contributed by atoms with Gasteiger partial charge in [0.05, 0.1) is 19.8 Å². The van der Waals surface area contributed by atoms with Gasteiger partial charge in [0.15, 0.2) is 5.96 Å². The average molecular weight is 403 g/mol. The summed E-state index contributed by atoms with van der Waals surface area (Å²) in [6, 6.07) is 8.28. The van der Waals surface area contributed by atoms with Gasteiger partial charge in [-0.05, 0) is 18.9 Å². The first kappa shape index (κ1) is 20.4. The van der Waals surface area contributed by atoms with Gasteiger partial charge in [-0.15, -0.1) is 0 Å². The molecule has 0 aromatic heterocycles. The van der Waals surface area contributed by atoms with Crippen LogP contribution >= 0.6 is 0 Å². The minimum absolute atomic E-state index is 0.331. The van der Waals surface area contributed by atoms with Crippen LogP contribution in [-0.2, 0) is 16.0 Å². The second-order valence-electron chi connectivity index (χ2n) is 8.29. The smallest absolute Gasteiger partial charge is 0.193 e. The molecule has 0 aliphatic carbocycles. The Morgan fingerprint density at radius 1 is 1.14 bits per heavy atom. The zero-order chi connectivity index (χ0) is 19.9. The summed E-state index contributed by atoms with van der Waals surface area (Å²) >= 11 is 0. The van der Waals surface area contributed by atoms with Crippen molar-refractivity contribution in [2.24, 2.45) is 10.4 Å². The van der Waals surface area contributed by atoms with Gasteiger partial charge < -0.3 is 24.4 Å². The summed E-state index contributed by atoms with van der Waals surface area (Å²) in [5.41, 5.74) is 1.49. The molecule has 1 aromatic carbocycles. The second kappa shape index (κ2) is 9.78. The number of guanidine groups is 1. The lowest BCUT2D eigenvalue weighted by molar-refractivity contribution is 0.0322. The van der Waals surface area contributed by atoms with Crippen molar-refractivity contribution in [1.82, 2.24) is 15.1 Å². The monoisotopic (exact) mass is 402 g/mol. The molecule has 0 amide bonds. The van der Waals surface area contributed by atoms with Gasteiger partial charge in [0, 0.05) is 63.9 Å². The molecular formula is C22H34N4O3. The third-order valence-corrected chi connectivity index (χ3v) is 6.31. The predicted octanol–water partition coefficient (Wildman–Crippen LogP) is 1.59. The van der Waals surface area contributed by atoms with Gasteiger partial charge in [-0.2, -0.15) is 0 Å². The first-order valence-corrected chi connectivity index (χ1v) is 10.8. The van der Waals surface area contributed by atoms with Crippen molar-refractivity contribution in [3.05, 3.63) is 29.8 Å². The first-order valence-electron chi connectivity index (χ1n) is 10.8. The van der Waals surface area contributed by atoms with E-state index in [2.05, 4.69) is 38.3 Å². The normalized spacial score (nSPS) is 25.7. The third-order valence-electron chi connectivity index (χ3n) is 6.31. The molecule has 1 atom stereocenters. The summed E-state index contributed by atoms with van der Waals surface area (Å²) in [6.07, 6.45) is 2.36. The Balaban J connectivity index is 1.28. The SMILES string of the molecule is CN=C(NCc1ccccc1OCCN1CCOCC1)N1CCC2(CCOC2)C1. The number of nitrogens with zero attached hydrogens (tertiary/aromatic N) is 3. The number of hydrogen-bond acceptors (Lipinski definition) is 5. The van der Waals surface area contributed by atoms with Crippen LogP contribution in [0.2, 0.25) is 0 Å². The molecule has 1 N–H and O–H groups in total. The van der Waals surface area contributed by atoms with Crippen molar-refractivity contribution in [2.45, 2.75) is 19.4 Å². The molecule has 3 fully saturated rings. The lowest BCUT2D eigenvalue weighted by Gasteiger charge is -2.26. The number of rotatable bonds is 6. The van der Waals surface area contributed by atoms with Gasteiger partial charge in [0.1, 0.15) is 12.4 Å². The molecule has 0 radical (unpaired) electrons. The molecule has 3 heterocycles. The number of aliphatic imine (C=N–C) groups is 1. The van der Waals surface area contributed by atoms with Gasteiger partial charge in [-0.25, -0.2) is 0 Å². The molecule has 1 unspecified atom stereocenters. The molecule has 3 aliphatic heterocycles. The number of morpholine rings is 1. The molecule has 3 saturated heterocycles. The lowest BCUT2D eigenvalue weighted by Crippen LogP contribution is -2.41. The van der Waals surface area contributed by atoms with E-state index in [0.717, 1.165) is 76.4 Å². The predicted molar refractivity (Wildman–Crippen MR) is 113 cm³/mol. The molecule has 4 rings (SSSR count). The van der Waals surface area contributed by atoms with Gasteiger partial charge in [-0.1, -0.05) is 18.2 Å². The highest BCUT2D eigenvalue weighted by Crippen LogP contribution is 2.38. The van der Waals surface area contributed by atoms with Crippen molar-refractivity contribution < 1.29 is 14.2 Å². The quantitative estimate of drug-likeness (QED) is 0.576. The first-order chi connectivity index (χ1) is 14.3. The van der Waals surface area contributed by atoms with E-state index in [4.69, 9.17) is 14.2 Å². The van der Waals surface area contributed by atoms with Crippen LogP contribution in [0.5, 0.6) is 5.75 Å². The highest BCUT2D eigenvalue weighted by atomic mass is 16.5. The van der Waals surface area contributed by atoms with Crippen LogP contribution in [-0.4, -0.2) is 88.6 Å². The summed E-state index contributed by atoms with van der Waals surface area (Å²) in [5.74, 6) is 1.92. The van der Waals surface area contributed by atoms with Crippen LogP contribution in [0.15, 0.2) is 29.3 Å². The van der Waals surface area contributed by atoms with Crippen molar-refractivity contribution in [3.8, 4) is 5.75 Å². The molecule has 7 heteroatoms. The van der Waals surface area contributed by atoms with E-state index in [-0.39, 0.29) is 0 Å². The number of ether oxygens (including phenoxy) is 3. The highest BCUT2D eigenvalue weighted by Gasteiger charge is 2.42. The number of nitrogens with one attached hydrogen (secondary N) is 1. The zero-order valence-corrected chi connectivity index (χ0v) is 17.6. The standard InChI is InChI=1S/C22H34N4O3/c1-23-21(26-8-6-22(17-26)7-12-28-18-22)24-16-19-4-2-3-5-20(19)29-15-11-25-9-13-27-14-10-25/h2-5H,6-18H2,1H3,(H,23,24). The highest BCUT2D eigenvalue weighted by molar-refractivity contribution is 5.80. The van der Waals surface area contributed by atoms with Crippen LogP contribution < -0.4 is 10.1 Å². The molecule has 1 spiro atoms. The minimum Gasteiger partial charge on any atom is -0.492 e. The molecule has 1 aromatic rings. The fourth-order valence-corrected chi connectivity index (χ4v) is 4.49. The van der Waals surface area contributed by atoms with Gasteiger partial charge in [0.2, 0.25) is 0 Å². The number of hydrogen-bond donors (Lipinski definition) is 1. The van der Waals surface area contributed by atoms with E-state index in [1.165, 1.54) is 12.8 Å². The third kappa shape index (κ3) is 5.21. The average Bonchev–Trinajstić information content (AvgIpc) is 3.40. The van der Waals surface area contributed by atoms with E-state index >= 15 is 0 Å². The fraction of sp³-hybridized carbons (Fsp3) is 0.682. The fourth-order valence-electron chi connectivity index (χ4n) is 4.49. The summed E-state index contributed by atoms with van der Waals surface area (Å²) < 4.78 is 17.2. The van der Waals surface area contributed by atoms with Crippen LogP contribution in [0.4, 0.5) is 0 Å². The number of benzene rings is 1. The van der Waals surface area contributed by atoms with Gasteiger partial charge in [0.25, 0.3) is 0 Å². The maximum atomic E-state index is 6.11. The molecule has 29 heavy (non-hydrogen) atoms. The Labute approximate surface area is 174 Å². The van der Waals surface area contributed by atoms with Crippen molar-refractivity contribution in [3.63, 3.8) is 0 Å². The minimum atomic E-state index is 0.331. The Bertz CT molecular complexity index is 684. The van der Waals surface area contributed by atoms with Crippen LogP contribution in [0.1, 0.15) is 18.4 Å². The van der Waals surface area contributed by atoms with Gasteiger partial charge >= 0.3 is 0 Å². The largest absolute Gasteiger partial charge is 0.492 e. The molecular weight excluding hydrogens is 368 g/mol. The summed E-state index contributed by atoms with van der Waals surface area (Å²) in [7, 11) is 1.86. The van der Waals surface area contributed by atoms with Crippen molar-refractivity contribution in [2.75, 3.05) is 72.8 Å². The van der Waals surface area contributed by atoms with Crippen LogP contribution in [0, 0.1) is 5.41 Å². The molecule has 7 nitrogen and oxygen atoms in total. The summed E-state index contributed by atoms with van der Waals surface area (Å²) in [5, 5.41) is 3.54. The van der Waals surface area contributed by atoms with Crippen molar-refractivity contribution in [1.29, 1.82) is 0 Å². The molecule has 0 saturated carbocycles. The van der Waals surface area contributed by atoms with E-state index in [0.29, 0.717) is 18.6 Å². The molecule has 3 aliphatic rings. The maximum Gasteiger partial charge on any atom is 0.193 e.